The first-order valence-electron chi connectivity index (χ1n) is 6.45. The molecule has 0 aromatic heterocycles. The number of nitriles is 1. The average Bonchev–Trinajstić information content (AvgIpc) is 2.40. The zero-order valence-corrected chi connectivity index (χ0v) is 10.2. The minimum Gasteiger partial charge on any atom is -0.381 e. The van der Waals surface area contributed by atoms with E-state index in [1.807, 2.05) is 6.07 Å². The Bertz CT molecular complexity index is 486. The third kappa shape index (κ3) is 2.06. The van der Waals surface area contributed by atoms with Gasteiger partial charge in [-0.3, -0.25) is 0 Å². The first kappa shape index (κ1) is 11.5. The average molecular weight is 245 g/mol. The molecule has 3 saturated heterocycles. The number of anilines is 1. The van der Waals surface area contributed by atoms with Crippen LogP contribution in [0.2, 0.25) is 0 Å². The van der Waals surface area contributed by atoms with E-state index in [-0.39, 0.29) is 5.56 Å². The minimum absolute atomic E-state index is 0.106. The van der Waals surface area contributed by atoms with Gasteiger partial charge in [0.05, 0.1) is 5.56 Å². The fourth-order valence-electron chi connectivity index (χ4n) is 3.04. The van der Waals surface area contributed by atoms with Gasteiger partial charge in [0.2, 0.25) is 0 Å². The van der Waals surface area contributed by atoms with Crippen LogP contribution < -0.4 is 5.32 Å². The standard InChI is InChI=1S/C14H16FN3/c15-13-7-12(2-1-11(13)8-16)17-14-9-18-5-3-10(14)4-6-18/h1-2,7,10,14,17H,3-6,9H2. The van der Waals surface area contributed by atoms with Gasteiger partial charge in [0.25, 0.3) is 0 Å². The Balaban J connectivity index is 1.73. The molecule has 3 heterocycles. The minimum atomic E-state index is -0.441. The van der Waals surface area contributed by atoms with Gasteiger partial charge in [-0.2, -0.15) is 5.26 Å². The van der Waals surface area contributed by atoms with Crippen molar-refractivity contribution in [3.63, 3.8) is 0 Å². The summed E-state index contributed by atoms with van der Waals surface area (Å²) in [6, 6.07) is 7.02. The van der Waals surface area contributed by atoms with Crippen molar-refractivity contribution in [1.29, 1.82) is 5.26 Å². The Hall–Kier alpha value is -1.60. The maximum Gasteiger partial charge on any atom is 0.143 e. The van der Waals surface area contributed by atoms with Gasteiger partial charge in [-0.05, 0) is 50.0 Å². The molecule has 94 valence electrons. The molecule has 2 bridgehead atoms. The summed E-state index contributed by atoms with van der Waals surface area (Å²) in [7, 11) is 0. The van der Waals surface area contributed by atoms with Crippen molar-refractivity contribution in [2.24, 2.45) is 5.92 Å². The Morgan fingerprint density at radius 1 is 1.33 bits per heavy atom. The van der Waals surface area contributed by atoms with Crippen LogP contribution in [0.5, 0.6) is 0 Å². The molecule has 0 spiro atoms. The van der Waals surface area contributed by atoms with E-state index in [1.165, 1.54) is 32.0 Å². The van der Waals surface area contributed by atoms with E-state index in [0.717, 1.165) is 12.2 Å². The van der Waals surface area contributed by atoms with Crippen molar-refractivity contribution in [1.82, 2.24) is 4.90 Å². The van der Waals surface area contributed by atoms with Crippen LogP contribution in [0.1, 0.15) is 18.4 Å². The summed E-state index contributed by atoms with van der Waals surface area (Å²) in [6.45, 7) is 3.45. The summed E-state index contributed by atoms with van der Waals surface area (Å²) >= 11 is 0. The highest BCUT2D eigenvalue weighted by Gasteiger charge is 2.33. The van der Waals surface area contributed by atoms with Gasteiger partial charge in [0, 0.05) is 18.3 Å². The van der Waals surface area contributed by atoms with Crippen LogP contribution >= 0.6 is 0 Å². The van der Waals surface area contributed by atoms with Gasteiger partial charge in [0.15, 0.2) is 0 Å². The van der Waals surface area contributed by atoms with Crippen molar-refractivity contribution in [3.8, 4) is 6.07 Å². The van der Waals surface area contributed by atoms with E-state index in [9.17, 15) is 4.39 Å². The van der Waals surface area contributed by atoms with Crippen molar-refractivity contribution >= 4 is 5.69 Å². The van der Waals surface area contributed by atoms with Gasteiger partial charge in [-0.1, -0.05) is 0 Å². The van der Waals surface area contributed by atoms with Crippen molar-refractivity contribution in [2.45, 2.75) is 18.9 Å². The summed E-state index contributed by atoms with van der Waals surface area (Å²) in [5.41, 5.74) is 0.889. The molecule has 1 aromatic rings. The third-order valence-electron chi connectivity index (χ3n) is 4.10. The van der Waals surface area contributed by atoms with Crippen molar-refractivity contribution < 1.29 is 4.39 Å². The second-order valence-corrected chi connectivity index (χ2v) is 5.20. The summed E-state index contributed by atoms with van der Waals surface area (Å²) in [5.74, 6) is 0.262. The van der Waals surface area contributed by atoms with E-state index in [2.05, 4.69) is 10.2 Å². The first-order valence-corrected chi connectivity index (χ1v) is 6.45. The molecule has 0 saturated carbocycles. The fraction of sp³-hybridized carbons (Fsp3) is 0.500. The lowest BCUT2D eigenvalue weighted by molar-refractivity contribution is 0.0975. The van der Waals surface area contributed by atoms with Crippen LogP contribution in [0.25, 0.3) is 0 Å². The Morgan fingerprint density at radius 2 is 2.11 bits per heavy atom. The Labute approximate surface area is 106 Å². The zero-order valence-electron chi connectivity index (χ0n) is 10.2. The molecule has 1 atom stereocenters. The topological polar surface area (TPSA) is 39.1 Å². The van der Waals surface area contributed by atoms with Gasteiger partial charge >= 0.3 is 0 Å². The maximum absolute atomic E-state index is 13.5. The summed E-state index contributed by atoms with van der Waals surface area (Å²) in [5, 5.41) is 12.1. The zero-order chi connectivity index (χ0) is 12.5. The monoisotopic (exact) mass is 245 g/mol. The van der Waals surface area contributed by atoms with Gasteiger partial charge in [-0.15, -0.1) is 0 Å². The highest BCUT2D eigenvalue weighted by atomic mass is 19.1. The molecule has 1 aromatic carbocycles. The molecule has 1 unspecified atom stereocenters. The number of halogens is 1. The number of nitrogens with one attached hydrogen (secondary N) is 1. The molecule has 3 nitrogen and oxygen atoms in total. The van der Waals surface area contributed by atoms with Crippen molar-refractivity contribution in [2.75, 3.05) is 25.0 Å². The van der Waals surface area contributed by atoms with Crippen LogP contribution in [-0.2, 0) is 0 Å². The van der Waals surface area contributed by atoms with E-state index >= 15 is 0 Å². The van der Waals surface area contributed by atoms with E-state index in [1.54, 1.807) is 12.1 Å². The summed E-state index contributed by atoms with van der Waals surface area (Å²) in [6.07, 6.45) is 2.47. The largest absolute Gasteiger partial charge is 0.381 e. The van der Waals surface area contributed by atoms with E-state index in [0.29, 0.717) is 12.0 Å². The van der Waals surface area contributed by atoms with Gasteiger partial charge in [0.1, 0.15) is 11.9 Å². The second kappa shape index (κ2) is 4.58. The molecule has 3 fully saturated rings. The molecule has 3 aliphatic rings. The molecule has 3 aliphatic heterocycles. The summed E-state index contributed by atoms with van der Waals surface area (Å²) < 4.78 is 13.5. The number of nitrogens with zero attached hydrogens (tertiary/aromatic N) is 2. The predicted octanol–water partition coefficient (Wildman–Crippen LogP) is 2.20. The molecule has 0 radical (unpaired) electrons. The van der Waals surface area contributed by atoms with Gasteiger partial charge < -0.3 is 10.2 Å². The van der Waals surface area contributed by atoms with Crippen LogP contribution in [-0.4, -0.2) is 30.6 Å². The molecule has 18 heavy (non-hydrogen) atoms. The quantitative estimate of drug-likeness (QED) is 0.868. The predicted molar refractivity (Wildman–Crippen MR) is 67.7 cm³/mol. The van der Waals surface area contributed by atoms with Crippen LogP contribution in [0.15, 0.2) is 18.2 Å². The molecule has 4 rings (SSSR count). The van der Waals surface area contributed by atoms with Gasteiger partial charge in [-0.25, -0.2) is 4.39 Å². The molecule has 0 aliphatic carbocycles. The number of hydrogen-bond donors (Lipinski definition) is 1. The Kier molecular flexibility index (Phi) is 2.92. The third-order valence-corrected chi connectivity index (χ3v) is 4.10. The van der Waals surface area contributed by atoms with Crippen LogP contribution in [0, 0.1) is 23.1 Å². The fourth-order valence-corrected chi connectivity index (χ4v) is 3.04. The second-order valence-electron chi connectivity index (χ2n) is 5.20. The lowest BCUT2D eigenvalue weighted by Gasteiger charge is -2.45. The highest BCUT2D eigenvalue weighted by molar-refractivity contribution is 5.49. The van der Waals surface area contributed by atoms with Crippen LogP contribution in [0.4, 0.5) is 10.1 Å². The summed E-state index contributed by atoms with van der Waals surface area (Å²) in [4.78, 5) is 2.46. The highest BCUT2D eigenvalue weighted by Crippen LogP contribution is 2.29. The molecule has 0 amide bonds. The Morgan fingerprint density at radius 3 is 2.67 bits per heavy atom. The molecular formula is C14H16FN3. The lowest BCUT2D eigenvalue weighted by atomic mass is 9.84. The normalized spacial score (nSPS) is 29.9. The SMILES string of the molecule is N#Cc1ccc(NC2CN3CCC2CC3)cc1F. The lowest BCUT2D eigenvalue weighted by Crippen LogP contribution is -2.53. The molecule has 1 N–H and O–H groups in total. The smallest absolute Gasteiger partial charge is 0.143 e. The number of fused-ring (bicyclic) bond motifs is 3. The van der Waals surface area contributed by atoms with E-state index in [4.69, 9.17) is 5.26 Å². The molecule has 4 heteroatoms. The number of piperidine rings is 3. The maximum atomic E-state index is 13.5. The number of benzene rings is 1. The van der Waals surface area contributed by atoms with Crippen LogP contribution in [0.3, 0.4) is 0 Å². The molecular weight excluding hydrogens is 229 g/mol. The number of hydrogen-bond acceptors (Lipinski definition) is 3. The first-order chi connectivity index (χ1) is 8.76. The van der Waals surface area contributed by atoms with Crippen molar-refractivity contribution in [3.05, 3.63) is 29.6 Å². The van der Waals surface area contributed by atoms with E-state index < -0.39 is 5.82 Å². The number of rotatable bonds is 2.